The summed E-state index contributed by atoms with van der Waals surface area (Å²) in [6.45, 7) is 2.31. The summed E-state index contributed by atoms with van der Waals surface area (Å²) >= 11 is 0. The Hall–Kier alpha value is -0.370. The number of carbonyl (C=O) groups is 1. The fraction of sp³-hybridized carbons (Fsp3) is 0.938. The van der Waals surface area contributed by atoms with Crippen molar-refractivity contribution in [3.63, 3.8) is 0 Å². The first kappa shape index (κ1) is 12.7. The molecule has 1 heterocycles. The van der Waals surface area contributed by atoms with Crippen molar-refractivity contribution in [3.8, 4) is 0 Å². The molecule has 2 atom stereocenters. The van der Waals surface area contributed by atoms with Crippen LogP contribution in [0.4, 0.5) is 0 Å². The van der Waals surface area contributed by atoms with E-state index in [4.69, 9.17) is 0 Å². The molecule has 2 heteroatoms. The minimum absolute atomic E-state index is 0.0166. The lowest BCUT2D eigenvalue weighted by molar-refractivity contribution is -0.120. The second kappa shape index (κ2) is 5.32. The first-order valence-corrected chi connectivity index (χ1v) is 8.03. The number of likely N-dealkylation sites (tertiary alicyclic amines) is 1. The zero-order valence-electron chi connectivity index (χ0n) is 11.6. The number of piperidine rings is 1. The molecule has 3 aliphatic rings. The summed E-state index contributed by atoms with van der Waals surface area (Å²) in [5, 5.41) is 0. The zero-order chi connectivity index (χ0) is 12.4. The van der Waals surface area contributed by atoms with Gasteiger partial charge in [-0.1, -0.05) is 25.7 Å². The van der Waals surface area contributed by atoms with Gasteiger partial charge in [0.05, 0.1) is 0 Å². The SMILES string of the molecule is O=CC1(CN2CCCC3CCCC32)CCCCC1. The Morgan fingerprint density at radius 1 is 1.00 bits per heavy atom. The van der Waals surface area contributed by atoms with Crippen LogP contribution in [0.2, 0.25) is 0 Å². The van der Waals surface area contributed by atoms with Crippen molar-refractivity contribution >= 4 is 6.29 Å². The van der Waals surface area contributed by atoms with Gasteiger partial charge in [0.15, 0.2) is 0 Å². The van der Waals surface area contributed by atoms with Crippen molar-refractivity contribution in [2.75, 3.05) is 13.1 Å². The van der Waals surface area contributed by atoms with Crippen LogP contribution >= 0.6 is 0 Å². The standard InChI is InChI=1S/C16H27NO/c18-13-16(9-2-1-3-10-16)12-17-11-5-7-14-6-4-8-15(14)17/h13-15H,1-12H2. The maximum atomic E-state index is 11.6. The smallest absolute Gasteiger partial charge is 0.127 e. The fourth-order valence-electron chi connectivity index (χ4n) is 4.73. The van der Waals surface area contributed by atoms with E-state index in [-0.39, 0.29) is 5.41 Å². The molecule has 0 amide bonds. The molecule has 0 radical (unpaired) electrons. The Bertz CT molecular complexity index is 295. The lowest BCUT2D eigenvalue weighted by Gasteiger charge is -2.43. The van der Waals surface area contributed by atoms with E-state index in [9.17, 15) is 4.79 Å². The quantitative estimate of drug-likeness (QED) is 0.714. The average Bonchev–Trinajstić information content (AvgIpc) is 2.89. The van der Waals surface area contributed by atoms with Crippen molar-refractivity contribution in [2.45, 2.75) is 70.3 Å². The molecule has 18 heavy (non-hydrogen) atoms. The first-order chi connectivity index (χ1) is 8.83. The minimum atomic E-state index is 0.0166. The summed E-state index contributed by atoms with van der Waals surface area (Å²) in [5.41, 5.74) is 0.0166. The van der Waals surface area contributed by atoms with E-state index in [0.29, 0.717) is 0 Å². The van der Waals surface area contributed by atoms with E-state index in [0.717, 1.165) is 31.3 Å². The van der Waals surface area contributed by atoms with Crippen molar-refractivity contribution in [1.82, 2.24) is 4.90 Å². The van der Waals surface area contributed by atoms with E-state index in [1.165, 1.54) is 64.2 Å². The van der Waals surface area contributed by atoms with Gasteiger partial charge in [-0.15, -0.1) is 0 Å². The third kappa shape index (κ3) is 2.36. The highest BCUT2D eigenvalue weighted by molar-refractivity contribution is 5.60. The van der Waals surface area contributed by atoms with Crippen LogP contribution in [0.5, 0.6) is 0 Å². The number of hydrogen-bond acceptors (Lipinski definition) is 2. The highest BCUT2D eigenvalue weighted by Crippen LogP contribution is 2.41. The summed E-state index contributed by atoms with van der Waals surface area (Å²) < 4.78 is 0. The van der Waals surface area contributed by atoms with Gasteiger partial charge >= 0.3 is 0 Å². The van der Waals surface area contributed by atoms with Gasteiger partial charge in [-0.25, -0.2) is 0 Å². The van der Waals surface area contributed by atoms with Crippen molar-refractivity contribution < 1.29 is 4.79 Å². The molecule has 2 aliphatic carbocycles. The molecule has 0 aromatic heterocycles. The zero-order valence-corrected chi connectivity index (χ0v) is 11.6. The molecule has 3 rings (SSSR count). The molecule has 0 bridgehead atoms. The molecule has 3 fully saturated rings. The fourth-order valence-corrected chi connectivity index (χ4v) is 4.73. The summed E-state index contributed by atoms with van der Waals surface area (Å²) in [4.78, 5) is 14.3. The third-order valence-electron chi connectivity index (χ3n) is 5.73. The Labute approximate surface area is 111 Å². The predicted octanol–water partition coefficient (Wildman–Crippen LogP) is 3.40. The molecule has 1 saturated heterocycles. The highest BCUT2D eigenvalue weighted by Gasteiger charge is 2.40. The van der Waals surface area contributed by atoms with Gasteiger partial charge in [-0.2, -0.15) is 0 Å². The van der Waals surface area contributed by atoms with Gasteiger partial charge in [-0.3, -0.25) is 4.90 Å². The van der Waals surface area contributed by atoms with Crippen molar-refractivity contribution in [3.05, 3.63) is 0 Å². The summed E-state index contributed by atoms with van der Waals surface area (Å²) in [6, 6.07) is 0.817. The summed E-state index contributed by atoms with van der Waals surface area (Å²) in [5.74, 6) is 0.950. The molecular weight excluding hydrogens is 222 g/mol. The monoisotopic (exact) mass is 249 g/mol. The third-order valence-corrected chi connectivity index (χ3v) is 5.73. The largest absolute Gasteiger partial charge is 0.303 e. The molecule has 2 saturated carbocycles. The Kier molecular flexibility index (Phi) is 3.74. The number of aldehydes is 1. The molecular formula is C16H27NO. The van der Waals surface area contributed by atoms with Crippen LogP contribution < -0.4 is 0 Å². The average molecular weight is 249 g/mol. The van der Waals surface area contributed by atoms with E-state index in [1.54, 1.807) is 0 Å². The lowest BCUT2D eigenvalue weighted by atomic mass is 9.74. The second-order valence-corrected chi connectivity index (χ2v) is 6.91. The van der Waals surface area contributed by atoms with Crippen LogP contribution in [0.15, 0.2) is 0 Å². The normalized spacial score (nSPS) is 36.2. The Morgan fingerprint density at radius 3 is 2.56 bits per heavy atom. The first-order valence-electron chi connectivity index (χ1n) is 8.03. The van der Waals surface area contributed by atoms with E-state index in [2.05, 4.69) is 4.90 Å². The van der Waals surface area contributed by atoms with Crippen molar-refractivity contribution in [2.24, 2.45) is 11.3 Å². The molecule has 2 unspecified atom stereocenters. The Morgan fingerprint density at radius 2 is 1.78 bits per heavy atom. The van der Waals surface area contributed by atoms with Crippen LogP contribution in [0, 0.1) is 11.3 Å². The second-order valence-electron chi connectivity index (χ2n) is 6.91. The number of rotatable bonds is 3. The highest BCUT2D eigenvalue weighted by atomic mass is 16.1. The van der Waals surface area contributed by atoms with E-state index < -0.39 is 0 Å². The van der Waals surface area contributed by atoms with Crippen LogP contribution in [0.3, 0.4) is 0 Å². The van der Waals surface area contributed by atoms with Crippen LogP contribution in [0.25, 0.3) is 0 Å². The summed E-state index contributed by atoms with van der Waals surface area (Å²) in [6.07, 6.45) is 14.5. The van der Waals surface area contributed by atoms with Gasteiger partial charge < -0.3 is 4.79 Å². The van der Waals surface area contributed by atoms with Crippen LogP contribution in [-0.2, 0) is 4.79 Å². The van der Waals surface area contributed by atoms with Gasteiger partial charge in [-0.05, 0) is 51.0 Å². The number of fused-ring (bicyclic) bond motifs is 1. The van der Waals surface area contributed by atoms with E-state index in [1.807, 2.05) is 0 Å². The number of carbonyl (C=O) groups excluding carboxylic acids is 1. The number of hydrogen-bond donors (Lipinski definition) is 0. The molecule has 0 N–H and O–H groups in total. The van der Waals surface area contributed by atoms with Gasteiger partial charge in [0, 0.05) is 18.0 Å². The molecule has 0 aromatic rings. The van der Waals surface area contributed by atoms with Gasteiger partial charge in [0.25, 0.3) is 0 Å². The topological polar surface area (TPSA) is 20.3 Å². The molecule has 0 spiro atoms. The van der Waals surface area contributed by atoms with Gasteiger partial charge in [0.2, 0.25) is 0 Å². The van der Waals surface area contributed by atoms with Crippen LogP contribution in [0.1, 0.15) is 64.2 Å². The van der Waals surface area contributed by atoms with Crippen LogP contribution in [-0.4, -0.2) is 30.3 Å². The van der Waals surface area contributed by atoms with E-state index >= 15 is 0 Å². The minimum Gasteiger partial charge on any atom is -0.303 e. The van der Waals surface area contributed by atoms with Crippen molar-refractivity contribution in [1.29, 1.82) is 0 Å². The maximum Gasteiger partial charge on any atom is 0.127 e. The molecule has 0 aromatic carbocycles. The summed E-state index contributed by atoms with van der Waals surface area (Å²) in [7, 11) is 0. The molecule has 2 nitrogen and oxygen atoms in total. The number of nitrogens with zero attached hydrogens (tertiary/aromatic N) is 1. The maximum absolute atomic E-state index is 11.6. The Balaban J connectivity index is 1.68. The lowest BCUT2D eigenvalue weighted by Crippen LogP contribution is -2.49. The molecule has 1 aliphatic heterocycles. The predicted molar refractivity (Wildman–Crippen MR) is 73.5 cm³/mol. The van der Waals surface area contributed by atoms with Gasteiger partial charge in [0.1, 0.15) is 6.29 Å². The molecule has 102 valence electrons.